The van der Waals surface area contributed by atoms with Crippen molar-refractivity contribution < 1.29 is 22.7 Å². The molecule has 2 heterocycles. The number of carbonyl (C=O) groups is 1. The summed E-state index contributed by atoms with van der Waals surface area (Å²) in [5.74, 6) is 0.990. The fourth-order valence-corrected chi connectivity index (χ4v) is 4.44. The van der Waals surface area contributed by atoms with Gasteiger partial charge in [-0.1, -0.05) is 18.2 Å². The fraction of sp³-hybridized carbons (Fsp3) is 0.217. The molecule has 0 saturated heterocycles. The number of methoxy groups -OCH3 is 1. The van der Waals surface area contributed by atoms with Gasteiger partial charge in [-0.2, -0.15) is 4.52 Å². The van der Waals surface area contributed by atoms with E-state index < -0.39 is 9.84 Å². The number of amides is 1. The number of rotatable bonds is 10. The van der Waals surface area contributed by atoms with Crippen molar-refractivity contribution in [1.82, 2.24) is 25.1 Å². The molecule has 0 aliphatic rings. The van der Waals surface area contributed by atoms with E-state index in [1.165, 1.54) is 12.1 Å². The first-order valence-electron chi connectivity index (χ1n) is 10.5. The summed E-state index contributed by atoms with van der Waals surface area (Å²) in [4.78, 5) is 12.2. The monoisotopic (exact) mass is 481 g/mol. The number of ether oxygens (including phenoxy) is 2. The topological polar surface area (TPSA) is 125 Å². The van der Waals surface area contributed by atoms with E-state index >= 15 is 0 Å². The third-order valence-corrected chi connectivity index (χ3v) is 6.69. The Balaban J connectivity index is 1.29. The molecule has 0 spiro atoms. The molecule has 10 nitrogen and oxygen atoms in total. The summed E-state index contributed by atoms with van der Waals surface area (Å²) in [6, 6.07) is 18.8. The predicted octanol–water partition coefficient (Wildman–Crippen LogP) is 2.16. The first-order valence-corrected chi connectivity index (χ1v) is 12.2. The highest BCUT2D eigenvalue weighted by Gasteiger charge is 2.16. The van der Waals surface area contributed by atoms with Crippen LogP contribution in [0.2, 0.25) is 0 Å². The number of carbonyl (C=O) groups excluding carboxylic acids is 1. The van der Waals surface area contributed by atoms with Gasteiger partial charge in [-0.25, -0.2) is 8.42 Å². The minimum Gasteiger partial charge on any atom is -0.497 e. The minimum atomic E-state index is -3.50. The number of nitrogens with one attached hydrogen (secondary N) is 1. The van der Waals surface area contributed by atoms with Crippen LogP contribution in [0.4, 0.5) is 0 Å². The van der Waals surface area contributed by atoms with Crippen LogP contribution in [0.1, 0.15) is 6.42 Å². The molecule has 34 heavy (non-hydrogen) atoms. The van der Waals surface area contributed by atoms with Crippen molar-refractivity contribution in [2.75, 3.05) is 26.0 Å². The molecule has 11 heteroatoms. The summed E-state index contributed by atoms with van der Waals surface area (Å²) in [5, 5.41) is 15.4. The van der Waals surface area contributed by atoms with Crippen LogP contribution < -0.4 is 14.8 Å². The molecule has 0 saturated carbocycles. The van der Waals surface area contributed by atoms with Crippen molar-refractivity contribution in [3.8, 4) is 23.0 Å². The highest BCUT2D eigenvalue weighted by atomic mass is 32.2. The van der Waals surface area contributed by atoms with Crippen LogP contribution in [0.25, 0.3) is 17.0 Å². The molecule has 0 radical (unpaired) electrons. The van der Waals surface area contributed by atoms with E-state index in [9.17, 15) is 13.2 Å². The van der Waals surface area contributed by atoms with Gasteiger partial charge >= 0.3 is 0 Å². The van der Waals surface area contributed by atoms with E-state index in [1.54, 1.807) is 42.0 Å². The molecule has 2 aromatic heterocycles. The third kappa shape index (κ3) is 5.49. The first-order chi connectivity index (χ1) is 16.5. The van der Waals surface area contributed by atoms with E-state index in [0.29, 0.717) is 17.4 Å². The Hall–Kier alpha value is -3.99. The van der Waals surface area contributed by atoms with E-state index in [4.69, 9.17) is 9.47 Å². The highest BCUT2D eigenvalue weighted by molar-refractivity contribution is 7.91. The Morgan fingerprint density at radius 1 is 1.00 bits per heavy atom. The summed E-state index contributed by atoms with van der Waals surface area (Å²) in [6.45, 7) is 0.368. The lowest BCUT2D eigenvalue weighted by Gasteiger charge is -2.08. The van der Waals surface area contributed by atoms with Crippen molar-refractivity contribution in [3.63, 3.8) is 0 Å². The lowest BCUT2D eigenvalue weighted by molar-refractivity contribution is -0.120. The smallest absolute Gasteiger partial charge is 0.231 e. The Labute approximate surface area is 196 Å². The predicted molar refractivity (Wildman–Crippen MR) is 124 cm³/mol. The van der Waals surface area contributed by atoms with Crippen molar-refractivity contribution in [1.29, 1.82) is 0 Å². The van der Waals surface area contributed by atoms with Crippen molar-refractivity contribution in [2.45, 2.75) is 11.3 Å². The maximum atomic E-state index is 12.3. The van der Waals surface area contributed by atoms with Gasteiger partial charge in [0.25, 0.3) is 0 Å². The molecule has 0 unspecified atom stereocenters. The van der Waals surface area contributed by atoms with Gasteiger partial charge in [-0.3, -0.25) is 4.79 Å². The normalized spacial score (nSPS) is 11.3. The quantitative estimate of drug-likeness (QED) is 0.342. The lowest BCUT2D eigenvalue weighted by atomic mass is 10.2. The number of nitrogens with zero attached hydrogens (tertiary/aromatic N) is 4. The second kappa shape index (κ2) is 10.3. The first kappa shape index (κ1) is 23.2. The number of fused-ring (bicyclic) bond motifs is 1. The van der Waals surface area contributed by atoms with E-state index in [0.717, 1.165) is 11.3 Å². The molecule has 1 amide bonds. The molecule has 4 rings (SSSR count). The van der Waals surface area contributed by atoms with Gasteiger partial charge in [0.05, 0.1) is 24.3 Å². The number of hydrogen-bond acceptors (Lipinski definition) is 8. The molecule has 0 bridgehead atoms. The standard InChI is InChI=1S/C23H23N5O5S/c1-32-18-9-7-17(8-10-18)23-26-25-20-11-12-22(27-28(20)23)33-15-14-24-21(29)13-16-34(30,31)19-5-3-2-4-6-19/h2-12H,13-16H2,1H3,(H,24,29). The number of hydrogen-bond donors (Lipinski definition) is 1. The van der Waals surface area contributed by atoms with E-state index in [-0.39, 0.29) is 36.1 Å². The fourth-order valence-electron chi connectivity index (χ4n) is 3.18. The Morgan fingerprint density at radius 3 is 2.50 bits per heavy atom. The second-order valence-corrected chi connectivity index (χ2v) is 9.38. The van der Waals surface area contributed by atoms with Gasteiger partial charge in [-0.15, -0.1) is 15.3 Å². The Kier molecular flexibility index (Phi) is 7.02. The molecule has 0 fully saturated rings. The van der Waals surface area contributed by atoms with Gasteiger partial charge in [0, 0.05) is 18.1 Å². The molecular weight excluding hydrogens is 458 g/mol. The number of benzene rings is 2. The molecule has 176 valence electrons. The van der Waals surface area contributed by atoms with Crippen LogP contribution in [0.15, 0.2) is 71.6 Å². The SMILES string of the molecule is COc1ccc(-c2nnc3ccc(OCCNC(=O)CCS(=O)(=O)c4ccccc4)nn23)cc1. The zero-order chi connectivity index (χ0) is 24.0. The summed E-state index contributed by atoms with van der Waals surface area (Å²) >= 11 is 0. The lowest BCUT2D eigenvalue weighted by Crippen LogP contribution is -2.29. The summed E-state index contributed by atoms with van der Waals surface area (Å²) in [6.07, 6.45) is -0.132. The molecular formula is C23H23N5O5S. The van der Waals surface area contributed by atoms with Gasteiger partial charge < -0.3 is 14.8 Å². The molecule has 0 aliphatic heterocycles. The van der Waals surface area contributed by atoms with Gasteiger partial charge in [0.2, 0.25) is 11.8 Å². The summed E-state index contributed by atoms with van der Waals surface area (Å²) in [5.41, 5.74) is 1.38. The van der Waals surface area contributed by atoms with Crippen LogP contribution in [-0.2, 0) is 14.6 Å². The van der Waals surface area contributed by atoms with Crippen LogP contribution in [-0.4, -0.2) is 60.2 Å². The maximum absolute atomic E-state index is 12.3. The average Bonchev–Trinajstić information content (AvgIpc) is 3.29. The number of aromatic nitrogens is 4. The summed E-state index contributed by atoms with van der Waals surface area (Å²) in [7, 11) is -1.90. The van der Waals surface area contributed by atoms with Gasteiger partial charge in [0.15, 0.2) is 21.3 Å². The van der Waals surface area contributed by atoms with Crippen molar-refractivity contribution >= 4 is 21.4 Å². The number of sulfone groups is 1. The molecule has 0 aliphatic carbocycles. The maximum Gasteiger partial charge on any atom is 0.231 e. The average molecular weight is 482 g/mol. The Morgan fingerprint density at radius 2 is 1.76 bits per heavy atom. The van der Waals surface area contributed by atoms with Crippen molar-refractivity contribution in [3.05, 3.63) is 66.7 Å². The van der Waals surface area contributed by atoms with Crippen LogP contribution in [0.3, 0.4) is 0 Å². The molecule has 0 atom stereocenters. The largest absolute Gasteiger partial charge is 0.497 e. The minimum absolute atomic E-state index is 0.132. The zero-order valence-corrected chi connectivity index (χ0v) is 19.2. The molecule has 2 aromatic carbocycles. The highest BCUT2D eigenvalue weighted by Crippen LogP contribution is 2.21. The van der Waals surface area contributed by atoms with E-state index in [2.05, 4.69) is 20.6 Å². The summed E-state index contributed by atoms with van der Waals surface area (Å²) < 4.78 is 36.9. The van der Waals surface area contributed by atoms with Crippen LogP contribution in [0, 0.1) is 0 Å². The van der Waals surface area contributed by atoms with Crippen LogP contribution >= 0.6 is 0 Å². The van der Waals surface area contributed by atoms with Crippen LogP contribution in [0.5, 0.6) is 11.6 Å². The van der Waals surface area contributed by atoms with Gasteiger partial charge in [-0.05, 0) is 42.5 Å². The molecule has 1 N–H and O–H groups in total. The second-order valence-electron chi connectivity index (χ2n) is 7.27. The van der Waals surface area contributed by atoms with Crippen molar-refractivity contribution in [2.24, 2.45) is 0 Å². The van der Waals surface area contributed by atoms with E-state index in [1.807, 2.05) is 24.3 Å². The Bertz CT molecular complexity index is 1370. The molecule has 4 aromatic rings. The zero-order valence-electron chi connectivity index (χ0n) is 18.4. The van der Waals surface area contributed by atoms with Gasteiger partial charge in [0.1, 0.15) is 12.4 Å². The third-order valence-electron chi connectivity index (χ3n) is 4.96.